The van der Waals surface area contributed by atoms with E-state index in [4.69, 9.17) is 38.5 Å². The van der Waals surface area contributed by atoms with Crippen LogP contribution in [-0.4, -0.2) is 115 Å². The van der Waals surface area contributed by atoms with Gasteiger partial charge in [0.05, 0.1) is 46.3 Å². The molecule has 8 rings (SSSR count). The fraction of sp³-hybridized carbons (Fsp3) is 0.514. The van der Waals surface area contributed by atoms with E-state index in [1.165, 1.54) is 73.8 Å². The lowest BCUT2D eigenvalue weighted by Crippen LogP contribution is -2.54. The number of amides is 5. The maximum absolute atomic E-state index is 16.3. The van der Waals surface area contributed by atoms with Gasteiger partial charge in [-0.05, 0) is 170 Å². The number of piperidine rings is 1. The Morgan fingerprint density at radius 1 is 0.755 bits per heavy atom. The number of allylic oxidation sites excluding steroid dienone is 2. The highest BCUT2D eigenvalue weighted by molar-refractivity contribution is 7.54. The molecule has 4 N–H and O–H groups in total. The van der Waals surface area contributed by atoms with E-state index in [2.05, 4.69) is 10.6 Å². The fourth-order valence-corrected chi connectivity index (χ4v) is 13.2. The summed E-state index contributed by atoms with van der Waals surface area (Å²) in [6.45, 7) is 12.6. The average molecular weight is 1380 g/mol. The average Bonchev–Trinajstić information content (AvgIpc) is 1.54. The standard InChI is InChI=1S/C72H91F2N6O17P/c1-45(50-25-27-54(28-26-50)72(73,74)98(90,96-43-94-67(87)70(3,4)5)97-44-95-68(88)71(6,7)8)38-55(81)40-53-24-23-51-16-10-17-52-41-60(80(63(51)52)66(53)86)65(85)76-56(29-32-61(75)82)46(2)93-42-49-20-18-47(19-21-49)14-11-34-91-36-13-37-92-35-12-15-48-22-30-57-59(39-48)78(9)69(89)79(57)58-31-33-62(83)77-64(58)84/h10,16-22,25-28,30,38-39,46,53,56,58,60H,11-15,23-24,29,31-37,40-44H2,1-9H3,(H2,75,82)(H,76,85)(H,77,83,84)/b45-38+/t46-,53-,56+,58?,60+/m1/s1. The summed E-state index contributed by atoms with van der Waals surface area (Å²) in [7, 11) is -3.92. The van der Waals surface area contributed by atoms with Crippen LogP contribution in [0.1, 0.15) is 158 Å². The molecule has 4 heterocycles. The molecule has 0 aliphatic carbocycles. The third kappa shape index (κ3) is 19.2. The number of nitrogens with two attached hydrogens (primary N) is 1. The van der Waals surface area contributed by atoms with E-state index in [0.29, 0.717) is 61.6 Å². The van der Waals surface area contributed by atoms with Gasteiger partial charge in [0.15, 0.2) is 5.78 Å². The molecule has 5 atom stereocenters. The molecule has 0 bridgehead atoms. The molecule has 1 saturated heterocycles. The Kier molecular flexibility index (Phi) is 25.6. The number of esters is 2. The number of aromatic nitrogens is 2. The number of nitrogens with one attached hydrogen (secondary N) is 2. The van der Waals surface area contributed by atoms with Gasteiger partial charge in [0.2, 0.25) is 43.1 Å². The van der Waals surface area contributed by atoms with Crippen LogP contribution in [0.25, 0.3) is 16.6 Å². The van der Waals surface area contributed by atoms with Crippen LogP contribution in [0.4, 0.5) is 14.5 Å². The molecule has 23 nitrogen and oxygen atoms in total. The summed E-state index contributed by atoms with van der Waals surface area (Å²) in [4.78, 5) is 119. The first-order valence-electron chi connectivity index (χ1n) is 33.2. The van der Waals surface area contributed by atoms with Gasteiger partial charge in [0.25, 0.3) is 0 Å². The second-order valence-electron chi connectivity index (χ2n) is 27.3. The number of nitrogens with zero attached hydrogens (tertiary/aromatic N) is 3. The first-order chi connectivity index (χ1) is 46.4. The molecule has 530 valence electrons. The van der Waals surface area contributed by atoms with E-state index in [1.807, 2.05) is 60.7 Å². The third-order valence-corrected chi connectivity index (χ3v) is 19.5. The van der Waals surface area contributed by atoms with Crippen LogP contribution in [0, 0.1) is 16.7 Å². The number of fused-ring (bicyclic) bond motifs is 1. The number of anilines is 1. The van der Waals surface area contributed by atoms with Crippen molar-refractivity contribution in [2.24, 2.45) is 29.5 Å². The molecule has 0 saturated carbocycles. The quantitative estimate of drug-likeness (QED) is 0.00861. The molecule has 0 radical (unpaired) electrons. The van der Waals surface area contributed by atoms with Gasteiger partial charge in [-0.2, -0.15) is 8.78 Å². The molecular formula is C72H91F2N6O17P. The highest BCUT2D eigenvalue weighted by atomic mass is 31.2. The smallest absolute Gasteiger partial charge is 0.410 e. The number of hydrogen-bond donors (Lipinski definition) is 3. The SMILES string of the molecule is C/C(=C\C(=O)C[C@H]1CCc2cccc3c2N(C1=O)[C@H](C(=O)N[C@@H](CCC(N)=O)[C@@H](C)OCc1ccc(CCCOCCCOCCCc2ccc4c(c2)n(C)c(=O)n4C2CCC(=O)NC2=O)cc1)C3)c1ccc(C(F)(F)P(=O)(OCOC(=O)C(C)(C)C)OCOC(=O)C(C)(C)C)cc1. The van der Waals surface area contributed by atoms with Crippen LogP contribution in [0.15, 0.2) is 95.8 Å². The van der Waals surface area contributed by atoms with Crippen LogP contribution in [0.5, 0.6) is 0 Å². The van der Waals surface area contributed by atoms with Crippen LogP contribution in [0.2, 0.25) is 0 Å². The first kappa shape index (κ1) is 75.7. The van der Waals surface area contributed by atoms with Gasteiger partial charge in [-0.3, -0.25) is 71.3 Å². The van der Waals surface area contributed by atoms with Gasteiger partial charge in [0.1, 0.15) is 12.1 Å². The van der Waals surface area contributed by atoms with Crippen molar-refractivity contribution in [3.63, 3.8) is 0 Å². The maximum Gasteiger partial charge on any atom is 0.410 e. The zero-order valence-electron chi connectivity index (χ0n) is 57.3. The molecule has 0 spiro atoms. The number of benzene rings is 4. The third-order valence-electron chi connectivity index (χ3n) is 17.6. The predicted molar refractivity (Wildman–Crippen MR) is 360 cm³/mol. The lowest BCUT2D eigenvalue weighted by Gasteiger charge is -2.31. The highest BCUT2D eigenvalue weighted by Crippen LogP contribution is 2.67. The number of carbonyl (C=O) groups is 8. The number of rotatable bonds is 34. The van der Waals surface area contributed by atoms with Crippen molar-refractivity contribution in [3.05, 3.63) is 140 Å². The number of ketones is 1. The number of para-hydroxylation sites is 1. The monoisotopic (exact) mass is 1380 g/mol. The van der Waals surface area contributed by atoms with Gasteiger partial charge in [0, 0.05) is 70.6 Å². The molecule has 3 aliphatic rings. The number of hydrogen-bond acceptors (Lipinski definition) is 17. The Hall–Kier alpha value is -8.06. The topological polar surface area (TPSA) is 298 Å². The van der Waals surface area contributed by atoms with E-state index < -0.39 is 115 Å². The van der Waals surface area contributed by atoms with Crippen LogP contribution in [-0.2, 0) is 121 Å². The Bertz CT molecular complexity index is 3840. The lowest BCUT2D eigenvalue weighted by molar-refractivity contribution is -0.163. The van der Waals surface area contributed by atoms with E-state index >= 15 is 8.78 Å². The van der Waals surface area contributed by atoms with Crippen molar-refractivity contribution < 1.29 is 84.4 Å². The van der Waals surface area contributed by atoms with Crippen molar-refractivity contribution in [3.8, 4) is 0 Å². The van der Waals surface area contributed by atoms with Crippen molar-refractivity contribution >= 4 is 77.1 Å². The zero-order chi connectivity index (χ0) is 71.3. The number of halogens is 2. The van der Waals surface area contributed by atoms with Gasteiger partial charge >= 0.3 is 30.9 Å². The number of ether oxygens (including phenoxy) is 5. The number of aryl methyl sites for hydroxylation is 4. The van der Waals surface area contributed by atoms with E-state index in [0.717, 1.165) is 77.6 Å². The van der Waals surface area contributed by atoms with Gasteiger partial charge in [-0.25, -0.2) is 4.79 Å². The predicted octanol–water partition coefficient (Wildman–Crippen LogP) is 9.91. The molecule has 3 aliphatic heterocycles. The summed E-state index contributed by atoms with van der Waals surface area (Å²) in [6.07, 6.45) is 5.89. The number of alkyl halides is 2. The van der Waals surface area contributed by atoms with E-state index in [1.54, 1.807) is 20.9 Å². The van der Waals surface area contributed by atoms with Crippen molar-refractivity contribution in [2.75, 3.05) is 44.9 Å². The minimum atomic E-state index is -5.59. The molecular weight excluding hydrogens is 1290 g/mol. The minimum absolute atomic E-state index is 0.0431. The Morgan fingerprint density at radius 3 is 1.96 bits per heavy atom. The summed E-state index contributed by atoms with van der Waals surface area (Å²) >= 11 is 0. The zero-order valence-corrected chi connectivity index (χ0v) is 58.1. The van der Waals surface area contributed by atoms with Crippen LogP contribution < -0.4 is 27.0 Å². The second kappa shape index (κ2) is 33.2. The van der Waals surface area contributed by atoms with Gasteiger partial charge in [-0.1, -0.05) is 72.8 Å². The van der Waals surface area contributed by atoms with Crippen molar-refractivity contribution in [2.45, 2.75) is 175 Å². The van der Waals surface area contributed by atoms with Crippen LogP contribution >= 0.6 is 7.60 Å². The molecule has 1 fully saturated rings. The lowest BCUT2D eigenvalue weighted by atomic mass is 9.92. The summed E-state index contributed by atoms with van der Waals surface area (Å²) in [5.41, 5.74) is 5.41. The Balaban J connectivity index is 0.786. The number of primary amides is 1. The number of imide groups is 1. The molecule has 4 aromatic carbocycles. The summed E-state index contributed by atoms with van der Waals surface area (Å²) < 4.78 is 87.4. The maximum atomic E-state index is 16.3. The largest absolute Gasteiger partial charge is 0.438 e. The molecule has 98 heavy (non-hydrogen) atoms. The van der Waals surface area contributed by atoms with Crippen molar-refractivity contribution in [1.29, 1.82) is 0 Å². The molecule has 5 amide bonds. The minimum Gasteiger partial charge on any atom is -0.438 e. The van der Waals surface area contributed by atoms with Crippen molar-refractivity contribution in [1.82, 2.24) is 19.8 Å². The molecule has 1 aromatic heterocycles. The number of carbonyl (C=O) groups excluding carboxylic acids is 8. The Morgan fingerprint density at radius 2 is 1.35 bits per heavy atom. The summed E-state index contributed by atoms with van der Waals surface area (Å²) in [5.74, 6) is -5.18. The number of imidazole rings is 1. The van der Waals surface area contributed by atoms with Gasteiger partial charge in [-0.15, -0.1) is 0 Å². The Labute approximate surface area is 569 Å². The fourth-order valence-electron chi connectivity index (χ4n) is 11.9. The summed E-state index contributed by atoms with van der Waals surface area (Å²) in [5, 5.41) is 5.42. The second-order valence-corrected chi connectivity index (χ2v) is 29.4. The van der Waals surface area contributed by atoms with E-state index in [9.17, 15) is 47.7 Å². The highest BCUT2D eigenvalue weighted by Gasteiger charge is 2.56. The van der Waals surface area contributed by atoms with Gasteiger partial charge < -0.3 is 34.7 Å². The molecule has 26 heteroatoms. The van der Waals surface area contributed by atoms with E-state index in [-0.39, 0.29) is 56.7 Å². The van der Waals surface area contributed by atoms with Crippen LogP contribution in [0.3, 0.4) is 0 Å². The molecule has 5 aromatic rings. The molecule has 1 unspecified atom stereocenters. The normalized spacial score (nSPS) is 17.5. The first-order valence-corrected chi connectivity index (χ1v) is 34.8. The summed E-state index contributed by atoms with van der Waals surface area (Å²) in [6, 6.07) is 21.5.